The van der Waals surface area contributed by atoms with E-state index in [1.807, 2.05) is 55.5 Å². The van der Waals surface area contributed by atoms with E-state index < -0.39 is 0 Å². The smallest absolute Gasteiger partial charge is 0.280 e. The average molecular weight is 335 g/mol. The summed E-state index contributed by atoms with van der Waals surface area (Å²) in [6.45, 7) is 2.03. The minimum absolute atomic E-state index is 0.247. The molecule has 2 aromatic heterocycles. The lowest BCUT2D eigenvalue weighted by Crippen LogP contribution is -2.13. The number of amides is 1. The van der Waals surface area contributed by atoms with E-state index in [0.717, 1.165) is 21.3 Å². The molecule has 0 aliphatic carbocycles. The number of hydrogen-bond acceptors (Lipinski definition) is 5. The Kier molecular flexibility index (Phi) is 3.59. The van der Waals surface area contributed by atoms with Gasteiger partial charge >= 0.3 is 0 Å². The van der Waals surface area contributed by atoms with Crippen molar-refractivity contribution in [3.63, 3.8) is 0 Å². The van der Waals surface area contributed by atoms with E-state index >= 15 is 0 Å². The van der Waals surface area contributed by atoms with Crippen LogP contribution in [0.15, 0.2) is 59.3 Å². The molecule has 2 aromatic carbocycles. The first-order chi connectivity index (χ1) is 11.7. The number of fused-ring (bicyclic) bond motifs is 1. The third-order valence-electron chi connectivity index (χ3n) is 3.58. The van der Waals surface area contributed by atoms with Crippen LogP contribution in [0.4, 0.5) is 5.13 Å². The van der Waals surface area contributed by atoms with Crippen molar-refractivity contribution in [1.29, 1.82) is 0 Å². The topological polar surface area (TPSA) is 68.0 Å². The van der Waals surface area contributed by atoms with E-state index in [9.17, 15) is 4.79 Å². The van der Waals surface area contributed by atoms with Crippen molar-refractivity contribution in [2.24, 2.45) is 0 Å². The van der Waals surface area contributed by atoms with Crippen LogP contribution in [-0.4, -0.2) is 15.9 Å². The summed E-state index contributed by atoms with van der Waals surface area (Å²) in [5.41, 5.74) is 3.08. The molecule has 0 aliphatic rings. The summed E-state index contributed by atoms with van der Waals surface area (Å²) in [4.78, 5) is 21.0. The summed E-state index contributed by atoms with van der Waals surface area (Å²) >= 11 is 1.44. The van der Waals surface area contributed by atoms with Gasteiger partial charge in [-0.25, -0.2) is 9.97 Å². The number of rotatable bonds is 3. The predicted molar refractivity (Wildman–Crippen MR) is 94.2 cm³/mol. The highest BCUT2D eigenvalue weighted by molar-refractivity contribution is 7.22. The first-order valence-corrected chi connectivity index (χ1v) is 8.20. The number of carbonyl (C=O) groups is 1. The SMILES string of the molecule is Cc1ccc2nc(NC(=O)c3ncoc3-c3ccccc3)sc2c1. The maximum atomic E-state index is 12.5. The number of carbonyl (C=O) groups excluding carboxylic acids is 1. The predicted octanol–water partition coefficient (Wildman–Crippen LogP) is 4.51. The molecule has 0 saturated carbocycles. The number of nitrogens with one attached hydrogen (secondary N) is 1. The van der Waals surface area contributed by atoms with Gasteiger partial charge in [-0.05, 0) is 24.6 Å². The van der Waals surface area contributed by atoms with Crippen LogP contribution in [0.2, 0.25) is 0 Å². The van der Waals surface area contributed by atoms with Crippen molar-refractivity contribution in [2.45, 2.75) is 6.92 Å². The van der Waals surface area contributed by atoms with Crippen LogP contribution >= 0.6 is 11.3 Å². The minimum Gasteiger partial charge on any atom is -0.443 e. The maximum Gasteiger partial charge on any atom is 0.280 e. The van der Waals surface area contributed by atoms with Gasteiger partial charge in [0.05, 0.1) is 10.2 Å². The number of thiazole rings is 1. The standard InChI is InChI=1S/C18H13N3O2S/c1-11-7-8-13-14(9-11)24-18(20-13)21-17(22)15-16(23-10-19-15)12-5-3-2-4-6-12/h2-10H,1H3,(H,20,21,22). The second-order valence-corrected chi connectivity index (χ2v) is 6.37. The number of anilines is 1. The number of hydrogen-bond donors (Lipinski definition) is 1. The fraction of sp³-hybridized carbons (Fsp3) is 0.0556. The van der Waals surface area contributed by atoms with Gasteiger partial charge in [-0.1, -0.05) is 47.7 Å². The third kappa shape index (κ3) is 2.68. The van der Waals surface area contributed by atoms with Crippen LogP contribution < -0.4 is 5.32 Å². The molecule has 1 amide bonds. The largest absolute Gasteiger partial charge is 0.443 e. The molecule has 4 aromatic rings. The summed E-state index contributed by atoms with van der Waals surface area (Å²) in [6, 6.07) is 15.4. The number of aryl methyl sites for hydroxylation is 1. The van der Waals surface area contributed by atoms with Gasteiger partial charge in [0.1, 0.15) is 0 Å². The molecule has 0 atom stereocenters. The zero-order chi connectivity index (χ0) is 16.5. The summed E-state index contributed by atoms with van der Waals surface area (Å²) < 4.78 is 6.43. The van der Waals surface area contributed by atoms with E-state index in [-0.39, 0.29) is 11.6 Å². The van der Waals surface area contributed by atoms with Crippen molar-refractivity contribution >= 4 is 32.6 Å². The molecule has 0 saturated heterocycles. The fourth-order valence-corrected chi connectivity index (χ4v) is 3.40. The van der Waals surface area contributed by atoms with Gasteiger partial charge < -0.3 is 4.42 Å². The second kappa shape index (κ2) is 5.90. The molecule has 118 valence electrons. The lowest BCUT2D eigenvalue weighted by molar-refractivity contribution is 0.102. The Bertz CT molecular complexity index is 1020. The number of benzene rings is 2. The zero-order valence-electron chi connectivity index (χ0n) is 12.8. The fourth-order valence-electron chi connectivity index (χ4n) is 2.44. The maximum absolute atomic E-state index is 12.5. The highest BCUT2D eigenvalue weighted by Gasteiger charge is 2.19. The molecule has 6 heteroatoms. The highest BCUT2D eigenvalue weighted by atomic mass is 32.1. The molecule has 2 heterocycles. The van der Waals surface area contributed by atoms with Crippen molar-refractivity contribution in [3.8, 4) is 11.3 Å². The van der Waals surface area contributed by atoms with Crippen LogP contribution in [0.3, 0.4) is 0 Å². The summed E-state index contributed by atoms with van der Waals surface area (Å²) in [6.07, 6.45) is 1.28. The van der Waals surface area contributed by atoms with Gasteiger partial charge in [0.2, 0.25) is 0 Å². The molecule has 5 nitrogen and oxygen atoms in total. The van der Waals surface area contributed by atoms with Crippen LogP contribution in [0.25, 0.3) is 21.5 Å². The molecule has 0 spiro atoms. The Balaban J connectivity index is 1.64. The Hall–Kier alpha value is -2.99. The van der Waals surface area contributed by atoms with Gasteiger partial charge in [0.25, 0.3) is 5.91 Å². The van der Waals surface area contributed by atoms with E-state index in [4.69, 9.17) is 4.42 Å². The molecule has 0 fully saturated rings. The van der Waals surface area contributed by atoms with E-state index in [2.05, 4.69) is 15.3 Å². The Morgan fingerprint density at radius 3 is 2.83 bits per heavy atom. The van der Waals surface area contributed by atoms with Gasteiger partial charge in [0, 0.05) is 5.56 Å². The van der Waals surface area contributed by atoms with Gasteiger partial charge in [-0.15, -0.1) is 0 Å². The van der Waals surface area contributed by atoms with Crippen molar-refractivity contribution in [2.75, 3.05) is 5.32 Å². The molecule has 0 aliphatic heterocycles. The van der Waals surface area contributed by atoms with Gasteiger partial charge in [-0.3, -0.25) is 10.1 Å². The van der Waals surface area contributed by atoms with E-state index in [1.165, 1.54) is 17.7 Å². The van der Waals surface area contributed by atoms with Crippen molar-refractivity contribution < 1.29 is 9.21 Å². The molecular formula is C18H13N3O2S. The van der Waals surface area contributed by atoms with Crippen LogP contribution in [0.5, 0.6) is 0 Å². The van der Waals surface area contributed by atoms with E-state index in [0.29, 0.717) is 10.9 Å². The average Bonchev–Trinajstić information content (AvgIpc) is 3.21. The van der Waals surface area contributed by atoms with Crippen molar-refractivity contribution in [3.05, 3.63) is 66.2 Å². The van der Waals surface area contributed by atoms with Gasteiger partial charge in [-0.2, -0.15) is 0 Å². The number of oxazole rings is 1. The molecule has 0 radical (unpaired) electrons. The third-order valence-corrected chi connectivity index (χ3v) is 4.52. The molecule has 0 bridgehead atoms. The minimum atomic E-state index is -0.335. The molecular weight excluding hydrogens is 322 g/mol. The Morgan fingerprint density at radius 1 is 1.17 bits per heavy atom. The molecule has 24 heavy (non-hydrogen) atoms. The first kappa shape index (κ1) is 14.6. The first-order valence-electron chi connectivity index (χ1n) is 7.38. The molecule has 1 N–H and O–H groups in total. The Labute approximate surface area is 142 Å². The van der Waals surface area contributed by atoms with Crippen LogP contribution in [0.1, 0.15) is 16.1 Å². The second-order valence-electron chi connectivity index (χ2n) is 5.34. The summed E-state index contributed by atoms with van der Waals surface area (Å²) in [7, 11) is 0. The lowest BCUT2D eigenvalue weighted by atomic mass is 10.1. The zero-order valence-corrected chi connectivity index (χ0v) is 13.6. The van der Waals surface area contributed by atoms with E-state index in [1.54, 1.807) is 0 Å². The lowest BCUT2D eigenvalue weighted by Gasteiger charge is -2.01. The number of aromatic nitrogens is 2. The van der Waals surface area contributed by atoms with Crippen LogP contribution in [-0.2, 0) is 0 Å². The normalized spacial score (nSPS) is 10.9. The van der Waals surface area contributed by atoms with Crippen molar-refractivity contribution in [1.82, 2.24) is 9.97 Å². The summed E-state index contributed by atoms with van der Waals surface area (Å²) in [5.74, 6) is 0.114. The highest BCUT2D eigenvalue weighted by Crippen LogP contribution is 2.28. The quantitative estimate of drug-likeness (QED) is 0.598. The Morgan fingerprint density at radius 2 is 2.00 bits per heavy atom. The van der Waals surface area contributed by atoms with Gasteiger partial charge in [0.15, 0.2) is 23.0 Å². The van der Waals surface area contributed by atoms with Crippen LogP contribution in [0, 0.1) is 6.92 Å². The molecule has 4 rings (SSSR count). The molecule has 0 unspecified atom stereocenters. The monoisotopic (exact) mass is 335 g/mol. The number of nitrogens with zero attached hydrogens (tertiary/aromatic N) is 2. The summed E-state index contributed by atoms with van der Waals surface area (Å²) in [5, 5.41) is 3.35.